The maximum absolute atomic E-state index is 13.4. The largest absolute Gasteiger partial charge is 0.383 e. The SMILES string of the molecule is COCCN(CC(=O)N(Cc1ccc(F)cc1)Cc1cccs1)C(=O)c1ccc(C)c([N+](=O)[O-])c1. The first-order valence-electron chi connectivity index (χ1n) is 10.9. The molecule has 8 nitrogen and oxygen atoms in total. The van der Waals surface area contributed by atoms with Crippen LogP contribution < -0.4 is 0 Å². The molecule has 2 aromatic carbocycles. The third kappa shape index (κ3) is 7.17. The average Bonchev–Trinajstić information content (AvgIpc) is 3.35. The van der Waals surface area contributed by atoms with Gasteiger partial charge in [0.2, 0.25) is 5.91 Å². The second kappa shape index (κ2) is 12.2. The van der Waals surface area contributed by atoms with E-state index in [1.165, 1.54) is 53.7 Å². The Morgan fingerprint density at radius 1 is 1.09 bits per heavy atom. The highest BCUT2D eigenvalue weighted by atomic mass is 32.1. The molecule has 0 atom stereocenters. The highest BCUT2D eigenvalue weighted by molar-refractivity contribution is 7.09. The molecule has 0 unspecified atom stereocenters. The molecule has 3 aromatic rings. The molecule has 35 heavy (non-hydrogen) atoms. The number of aryl methyl sites for hydroxylation is 1. The van der Waals surface area contributed by atoms with E-state index in [1.807, 2.05) is 17.5 Å². The molecule has 2 amide bonds. The van der Waals surface area contributed by atoms with Crippen molar-refractivity contribution in [3.63, 3.8) is 0 Å². The van der Waals surface area contributed by atoms with Crippen molar-refractivity contribution in [3.05, 3.63) is 97.5 Å². The third-order valence-electron chi connectivity index (χ3n) is 5.40. The van der Waals surface area contributed by atoms with Gasteiger partial charge < -0.3 is 14.5 Å². The number of carbonyl (C=O) groups excluding carboxylic acids is 2. The number of hydrogen-bond donors (Lipinski definition) is 0. The molecule has 0 aliphatic rings. The fourth-order valence-corrected chi connectivity index (χ4v) is 4.19. The first kappa shape index (κ1) is 26.0. The van der Waals surface area contributed by atoms with Gasteiger partial charge in [-0.2, -0.15) is 0 Å². The minimum Gasteiger partial charge on any atom is -0.383 e. The summed E-state index contributed by atoms with van der Waals surface area (Å²) < 4.78 is 18.5. The van der Waals surface area contributed by atoms with Crippen molar-refractivity contribution in [1.29, 1.82) is 0 Å². The van der Waals surface area contributed by atoms with Crippen LogP contribution in [-0.4, -0.2) is 53.3 Å². The van der Waals surface area contributed by atoms with Crippen molar-refractivity contribution in [2.75, 3.05) is 26.8 Å². The van der Waals surface area contributed by atoms with E-state index in [9.17, 15) is 24.1 Å². The molecule has 0 N–H and O–H groups in total. The quantitative estimate of drug-likeness (QED) is 0.288. The number of rotatable bonds is 11. The topological polar surface area (TPSA) is 93.0 Å². The van der Waals surface area contributed by atoms with Crippen LogP contribution in [0.2, 0.25) is 0 Å². The summed E-state index contributed by atoms with van der Waals surface area (Å²) >= 11 is 1.50. The van der Waals surface area contributed by atoms with Crippen molar-refractivity contribution in [2.24, 2.45) is 0 Å². The summed E-state index contributed by atoms with van der Waals surface area (Å²) in [5.41, 5.74) is 1.15. The van der Waals surface area contributed by atoms with E-state index in [0.29, 0.717) is 12.1 Å². The number of hydrogen-bond acceptors (Lipinski definition) is 6. The molecule has 3 rings (SSSR count). The number of thiophene rings is 1. The van der Waals surface area contributed by atoms with Crippen LogP contribution in [0.3, 0.4) is 0 Å². The zero-order chi connectivity index (χ0) is 25.4. The summed E-state index contributed by atoms with van der Waals surface area (Å²) in [6, 6.07) is 13.9. The highest BCUT2D eigenvalue weighted by Crippen LogP contribution is 2.21. The fourth-order valence-electron chi connectivity index (χ4n) is 3.47. The van der Waals surface area contributed by atoms with E-state index in [4.69, 9.17) is 4.74 Å². The fraction of sp³-hybridized carbons (Fsp3) is 0.280. The lowest BCUT2D eigenvalue weighted by Gasteiger charge is -2.27. The standard InChI is InChI=1S/C25H26FN3O5S/c1-18-5-8-20(14-23(18)29(32)33)25(31)27(11-12-34-2)17-24(30)28(16-22-4-3-13-35-22)15-19-6-9-21(26)10-7-19/h3-10,13-14H,11-12,15-17H2,1-2H3. The molecular weight excluding hydrogens is 473 g/mol. The number of amides is 2. The van der Waals surface area contributed by atoms with Crippen LogP contribution in [0.25, 0.3) is 0 Å². The van der Waals surface area contributed by atoms with Crippen molar-refractivity contribution in [3.8, 4) is 0 Å². The van der Waals surface area contributed by atoms with Crippen LogP contribution in [0.15, 0.2) is 60.0 Å². The second-order valence-corrected chi connectivity index (χ2v) is 8.97. The molecule has 0 saturated heterocycles. The third-order valence-corrected chi connectivity index (χ3v) is 6.26. The Hall–Kier alpha value is -3.63. The Bertz CT molecular complexity index is 1170. The van der Waals surface area contributed by atoms with Gasteiger partial charge in [-0.05, 0) is 42.1 Å². The van der Waals surface area contributed by atoms with Gasteiger partial charge in [-0.1, -0.05) is 24.3 Å². The Morgan fingerprint density at radius 3 is 2.46 bits per heavy atom. The summed E-state index contributed by atoms with van der Waals surface area (Å²) in [6.45, 7) is 2.24. The van der Waals surface area contributed by atoms with Gasteiger partial charge in [0.15, 0.2) is 0 Å². The van der Waals surface area contributed by atoms with Crippen molar-refractivity contribution in [2.45, 2.75) is 20.0 Å². The number of benzene rings is 2. The maximum Gasteiger partial charge on any atom is 0.273 e. The lowest BCUT2D eigenvalue weighted by Crippen LogP contribution is -2.43. The molecule has 0 saturated carbocycles. The van der Waals surface area contributed by atoms with Crippen LogP contribution in [-0.2, 0) is 22.6 Å². The Kier molecular flexibility index (Phi) is 9.04. The monoisotopic (exact) mass is 499 g/mol. The molecule has 1 aromatic heterocycles. The summed E-state index contributed by atoms with van der Waals surface area (Å²) in [7, 11) is 1.48. The zero-order valence-corrected chi connectivity index (χ0v) is 20.3. The zero-order valence-electron chi connectivity index (χ0n) is 19.5. The van der Waals surface area contributed by atoms with E-state index >= 15 is 0 Å². The minimum absolute atomic E-state index is 0.120. The van der Waals surface area contributed by atoms with Gasteiger partial charge in [0.1, 0.15) is 12.4 Å². The molecule has 0 aliphatic carbocycles. The first-order valence-corrected chi connectivity index (χ1v) is 11.7. The molecule has 1 heterocycles. The molecule has 0 fully saturated rings. The van der Waals surface area contributed by atoms with Crippen LogP contribution in [0.4, 0.5) is 10.1 Å². The average molecular weight is 500 g/mol. The summed E-state index contributed by atoms with van der Waals surface area (Å²) in [6.07, 6.45) is 0. The maximum atomic E-state index is 13.4. The number of nitrogens with zero attached hydrogens (tertiary/aromatic N) is 3. The number of methoxy groups -OCH3 is 1. The van der Waals surface area contributed by atoms with Gasteiger partial charge in [0.25, 0.3) is 11.6 Å². The molecule has 0 aliphatic heterocycles. The van der Waals surface area contributed by atoms with Crippen molar-refractivity contribution in [1.82, 2.24) is 9.80 Å². The van der Waals surface area contributed by atoms with Crippen molar-refractivity contribution < 1.29 is 23.6 Å². The van der Waals surface area contributed by atoms with Gasteiger partial charge in [0.05, 0.1) is 18.1 Å². The van der Waals surface area contributed by atoms with Crippen LogP contribution in [0.1, 0.15) is 26.4 Å². The number of nitro groups is 1. The molecule has 0 bridgehead atoms. The predicted octanol–water partition coefficient (Wildman–Crippen LogP) is 4.42. The Labute approximate surface area is 206 Å². The smallest absolute Gasteiger partial charge is 0.273 e. The normalized spacial score (nSPS) is 10.7. The molecular formula is C25H26FN3O5S. The molecule has 184 valence electrons. The number of carbonyl (C=O) groups is 2. The second-order valence-electron chi connectivity index (χ2n) is 7.93. The summed E-state index contributed by atoms with van der Waals surface area (Å²) in [4.78, 5) is 41.3. The number of ether oxygens (including phenoxy) is 1. The first-order chi connectivity index (χ1) is 16.8. The van der Waals surface area contributed by atoms with Gasteiger partial charge in [-0.15, -0.1) is 11.3 Å². The van der Waals surface area contributed by atoms with E-state index in [2.05, 4.69) is 0 Å². The lowest BCUT2D eigenvalue weighted by atomic mass is 10.1. The van der Waals surface area contributed by atoms with Crippen LogP contribution in [0, 0.1) is 22.9 Å². The summed E-state index contributed by atoms with van der Waals surface area (Å²) in [5.74, 6) is -1.18. The Morgan fingerprint density at radius 2 is 1.83 bits per heavy atom. The van der Waals surface area contributed by atoms with E-state index in [1.54, 1.807) is 24.0 Å². The van der Waals surface area contributed by atoms with Crippen LogP contribution in [0.5, 0.6) is 0 Å². The molecule has 0 spiro atoms. The summed E-state index contributed by atoms with van der Waals surface area (Å²) in [5, 5.41) is 13.2. The van der Waals surface area contributed by atoms with Gasteiger partial charge in [0, 0.05) is 42.3 Å². The van der Waals surface area contributed by atoms with Crippen LogP contribution >= 0.6 is 11.3 Å². The van der Waals surface area contributed by atoms with Crippen molar-refractivity contribution >= 4 is 28.8 Å². The Balaban J connectivity index is 1.84. The minimum atomic E-state index is -0.539. The van der Waals surface area contributed by atoms with Gasteiger partial charge >= 0.3 is 0 Å². The van der Waals surface area contributed by atoms with E-state index < -0.39 is 10.8 Å². The van der Waals surface area contributed by atoms with E-state index in [0.717, 1.165) is 10.4 Å². The lowest BCUT2D eigenvalue weighted by molar-refractivity contribution is -0.385. The predicted molar refractivity (Wildman–Crippen MR) is 131 cm³/mol. The van der Waals surface area contributed by atoms with Gasteiger partial charge in [-0.25, -0.2) is 4.39 Å². The highest BCUT2D eigenvalue weighted by Gasteiger charge is 2.24. The van der Waals surface area contributed by atoms with E-state index in [-0.39, 0.29) is 49.2 Å². The molecule has 10 heteroatoms. The molecule has 0 radical (unpaired) electrons. The number of nitro benzene ring substituents is 1. The van der Waals surface area contributed by atoms with Gasteiger partial charge in [-0.3, -0.25) is 19.7 Å². The number of halogens is 1.